The van der Waals surface area contributed by atoms with Gasteiger partial charge in [-0.05, 0) is 34.4 Å². The number of nitrogens with zero attached hydrogens (tertiary/aromatic N) is 1. The minimum absolute atomic E-state index is 0.255. The average molecular weight is 185 g/mol. The van der Waals surface area contributed by atoms with Crippen LogP contribution in [0.4, 0.5) is 0 Å². The molecular weight excluding hydrogens is 162 g/mol. The summed E-state index contributed by atoms with van der Waals surface area (Å²) in [6.07, 6.45) is 4.55. The molecular formula is C11H23NO. The number of Topliss-reactive ketones (excluding diaryl/α,β-unsaturated/α-hetero) is 1. The van der Waals surface area contributed by atoms with Crippen molar-refractivity contribution in [1.29, 1.82) is 0 Å². The van der Waals surface area contributed by atoms with E-state index in [0.29, 0.717) is 0 Å². The summed E-state index contributed by atoms with van der Waals surface area (Å²) in [6.45, 7) is 5.90. The Bertz CT molecular complexity index is 165. The molecule has 78 valence electrons. The highest BCUT2D eigenvalue weighted by molar-refractivity contribution is 5.85. The van der Waals surface area contributed by atoms with Crippen LogP contribution in [0.1, 0.15) is 46.5 Å². The number of hydrogen-bond acceptors (Lipinski definition) is 2. The van der Waals surface area contributed by atoms with E-state index >= 15 is 0 Å². The van der Waals surface area contributed by atoms with E-state index in [2.05, 4.69) is 6.92 Å². The first-order valence-electron chi connectivity index (χ1n) is 5.13. The van der Waals surface area contributed by atoms with E-state index in [1.165, 1.54) is 12.8 Å². The molecule has 0 saturated carbocycles. The number of rotatable bonds is 6. The quantitative estimate of drug-likeness (QED) is 0.592. The fraction of sp³-hybridized carbons (Fsp3) is 0.909. The standard InChI is InChI=1S/C11H23NO/c1-6-7-8-9-11(3,10(2)13)12(4)5/h6-9H2,1-5H3. The van der Waals surface area contributed by atoms with Crippen LogP contribution >= 0.6 is 0 Å². The van der Waals surface area contributed by atoms with Gasteiger partial charge in [0.25, 0.3) is 0 Å². The number of carbonyl (C=O) groups excluding carboxylic acids is 1. The van der Waals surface area contributed by atoms with Gasteiger partial charge in [0.1, 0.15) is 5.78 Å². The summed E-state index contributed by atoms with van der Waals surface area (Å²) < 4.78 is 0. The summed E-state index contributed by atoms with van der Waals surface area (Å²) in [7, 11) is 3.96. The maximum Gasteiger partial charge on any atom is 0.149 e. The van der Waals surface area contributed by atoms with Gasteiger partial charge < -0.3 is 0 Å². The zero-order valence-corrected chi connectivity index (χ0v) is 9.68. The fourth-order valence-electron chi connectivity index (χ4n) is 1.43. The molecule has 0 radical (unpaired) electrons. The molecule has 0 aliphatic carbocycles. The molecule has 0 saturated heterocycles. The molecule has 0 aromatic heterocycles. The summed E-state index contributed by atoms with van der Waals surface area (Å²) >= 11 is 0. The smallest absolute Gasteiger partial charge is 0.149 e. The molecule has 0 spiro atoms. The highest BCUT2D eigenvalue weighted by atomic mass is 16.1. The van der Waals surface area contributed by atoms with E-state index in [1.807, 2.05) is 25.9 Å². The van der Waals surface area contributed by atoms with Crippen LogP contribution in [0.5, 0.6) is 0 Å². The lowest BCUT2D eigenvalue weighted by atomic mass is 9.89. The number of ketones is 1. The van der Waals surface area contributed by atoms with Crippen LogP contribution in [0.3, 0.4) is 0 Å². The maximum absolute atomic E-state index is 11.5. The van der Waals surface area contributed by atoms with Gasteiger partial charge in [0.15, 0.2) is 0 Å². The van der Waals surface area contributed by atoms with Crippen molar-refractivity contribution in [3.05, 3.63) is 0 Å². The predicted molar refractivity (Wildman–Crippen MR) is 56.9 cm³/mol. The minimum Gasteiger partial charge on any atom is -0.298 e. The van der Waals surface area contributed by atoms with Gasteiger partial charge >= 0.3 is 0 Å². The molecule has 2 nitrogen and oxygen atoms in total. The zero-order valence-electron chi connectivity index (χ0n) is 9.68. The first-order chi connectivity index (χ1) is 5.95. The van der Waals surface area contributed by atoms with Crippen molar-refractivity contribution in [1.82, 2.24) is 4.90 Å². The van der Waals surface area contributed by atoms with Crippen LogP contribution in [-0.4, -0.2) is 30.3 Å². The minimum atomic E-state index is -0.255. The van der Waals surface area contributed by atoms with Gasteiger partial charge in [0.2, 0.25) is 0 Å². The van der Waals surface area contributed by atoms with Gasteiger partial charge in [-0.15, -0.1) is 0 Å². The molecule has 0 aliphatic rings. The third kappa shape index (κ3) is 3.47. The molecule has 0 fully saturated rings. The Morgan fingerprint density at radius 2 is 1.85 bits per heavy atom. The highest BCUT2D eigenvalue weighted by Gasteiger charge is 2.31. The Morgan fingerprint density at radius 1 is 1.31 bits per heavy atom. The van der Waals surface area contributed by atoms with Crippen LogP contribution in [0, 0.1) is 0 Å². The largest absolute Gasteiger partial charge is 0.298 e. The molecule has 0 amide bonds. The number of hydrogen-bond donors (Lipinski definition) is 0. The van der Waals surface area contributed by atoms with Crippen molar-refractivity contribution in [3.8, 4) is 0 Å². The van der Waals surface area contributed by atoms with Crippen molar-refractivity contribution in [2.45, 2.75) is 52.0 Å². The van der Waals surface area contributed by atoms with Crippen LogP contribution in [0.15, 0.2) is 0 Å². The normalized spacial score (nSPS) is 15.8. The van der Waals surface area contributed by atoms with Crippen molar-refractivity contribution < 1.29 is 4.79 Å². The molecule has 1 atom stereocenters. The van der Waals surface area contributed by atoms with Gasteiger partial charge in [0, 0.05) is 0 Å². The van der Waals surface area contributed by atoms with Crippen molar-refractivity contribution in [2.75, 3.05) is 14.1 Å². The SMILES string of the molecule is CCCCCC(C)(C(C)=O)N(C)C. The summed E-state index contributed by atoms with van der Waals surface area (Å²) in [5.74, 6) is 0.272. The van der Waals surface area contributed by atoms with Crippen LogP contribution in [-0.2, 0) is 4.79 Å². The molecule has 0 heterocycles. The number of carbonyl (C=O) groups is 1. The van der Waals surface area contributed by atoms with Crippen LogP contribution < -0.4 is 0 Å². The van der Waals surface area contributed by atoms with E-state index in [-0.39, 0.29) is 11.3 Å². The van der Waals surface area contributed by atoms with Gasteiger partial charge in [-0.2, -0.15) is 0 Å². The average Bonchev–Trinajstić information content (AvgIpc) is 2.03. The molecule has 0 aromatic carbocycles. The molecule has 0 aliphatic heterocycles. The second-order valence-corrected chi connectivity index (χ2v) is 4.18. The Labute approximate surface area is 82.3 Å². The second kappa shape index (κ2) is 5.38. The number of likely N-dealkylation sites (N-methyl/N-ethyl adjacent to an activating group) is 1. The summed E-state index contributed by atoms with van der Waals surface area (Å²) in [4.78, 5) is 13.5. The highest BCUT2D eigenvalue weighted by Crippen LogP contribution is 2.21. The molecule has 0 bridgehead atoms. The van der Waals surface area contributed by atoms with E-state index in [9.17, 15) is 4.79 Å². The lowest BCUT2D eigenvalue weighted by molar-refractivity contribution is -0.127. The summed E-state index contributed by atoms with van der Waals surface area (Å²) in [5, 5.41) is 0. The van der Waals surface area contributed by atoms with Gasteiger partial charge in [-0.25, -0.2) is 0 Å². The monoisotopic (exact) mass is 185 g/mol. The molecule has 2 heteroatoms. The van der Waals surface area contributed by atoms with Crippen molar-refractivity contribution >= 4 is 5.78 Å². The molecule has 0 N–H and O–H groups in total. The number of unbranched alkanes of at least 4 members (excludes halogenated alkanes) is 2. The third-order valence-corrected chi connectivity index (χ3v) is 3.01. The Hall–Kier alpha value is -0.370. The first kappa shape index (κ1) is 12.6. The van der Waals surface area contributed by atoms with Gasteiger partial charge in [-0.1, -0.05) is 26.2 Å². The van der Waals surface area contributed by atoms with E-state index in [4.69, 9.17) is 0 Å². The van der Waals surface area contributed by atoms with Crippen molar-refractivity contribution in [3.63, 3.8) is 0 Å². The van der Waals surface area contributed by atoms with Crippen molar-refractivity contribution in [2.24, 2.45) is 0 Å². The van der Waals surface area contributed by atoms with E-state index in [1.54, 1.807) is 6.92 Å². The first-order valence-corrected chi connectivity index (χ1v) is 5.13. The lowest BCUT2D eigenvalue weighted by Gasteiger charge is -2.34. The van der Waals surface area contributed by atoms with Crippen LogP contribution in [0.25, 0.3) is 0 Å². The molecule has 1 unspecified atom stereocenters. The topological polar surface area (TPSA) is 20.3 Å². The zero-order chi connectivity index (χ0) is 10.5. The molecule has 0 aromatic rings. The fourth-order valence-corrected chi connectivity index (χ4v) is 1.43. The third-order valence-electron chi connectivity index (χ3n) is 3.01. The van der Waals surface area contributed by atoms with Gasteiger partial charge in [0.05, 0.1) is 5.54 Å². The summed E-state index contributed by atoms with van der Waals surface area (Å²) in [6, 6.07) is 0. The van der Waals surface area contributed by atoms with Crippen LogP contribution in [0.2, 0.25) is 0 Å². The summed E-state index contributed by atoms with van der Waals surface area (Å²) in [5.41, 5.74) is -0.255. The Balaban J connectivity index is 4.17. The Kier molecular flexibility index (Phi) is 5.23. The second-order valence-electron chi connectivity index (χ2n) is 4.18. The Morgan fingerprint density at radius 3 is 2.15 bits per heavy atom. The maximum atomic E-state index is 11.5. The van der Waals surface area contributed by atoms with E-state index in [0.717, 1.165) is 12.8 Å². The predicted octanol–water partition coefficient (Wildman–Crippen LogP) is 2.48. The molecule has 0 rings (SSSR count). The molecule has 13 heavy (non-hydrogen) atoms. The van der Waals surface area contributed by atoms with Gasteiger partial charge in [-0.3, -0.25) is 9.69 Å². The lowest BCUT2D eigenvalue weighted by Crippen LogP contribution is -2.47. The van der Waals surface area contributed by atoms with E-state index < -0.39 is 0 Å².